The molecule has 3 nitrogen and oxygen atoms in total. The molecule has 0 fully saturated rings. The number of rotatable bonds is 10. The Morgan fingerprint density at radius 1 is 1.00 bits per heavy atom. The van der Waals surface area contributed by atoms with E-state index < -0.39 is 21.6 Å². The summed E-state index contributed by atoms with van der Waals surface area (Å²) in [5, 5.41) is 0. The lowest BCUT2D eigenvalue weighted by Gasteiger charge is -2.07. The third-order valence-electron chi connectivity index (χ3n) is 3.84. The molecule has 9 heteroatoms. The molecule has 0 aliphatic carbocycles. The minimum atomic E-state index is -4.43. The predicted octanol–water partition coefficient (Wildman–Crippen LogP) is 5.77. The van der Waals surface area contributed by atoms with Gasteiger partial charge in [0, 0.05) is 17.1 Å². The van der Waals surface area contributed by atoms with Crippen molar-refractivity contribution >= 4 is 31.4 Å². The second kappa shape index (κ2) is 11.0. The minimum absolute atomic E-state index is 0.147. The Balaban J connectivity index is 1.73. The fourth-order valence-corrected chi connectivity index (χ4v) is 5.56. The zero-order chi connectivity index (χ0) is 21.3. The molecule has 0 aliphatic heterocycles. The molecule has 0 radical (unpaired) electrons. The molecule has 0 aliphatic rings. The fourth-order valence-electron chi connectivity index (χ4n) is 2.40. The first-order valence-corrected chi connectivity index (χ1v) is 12.9. The highest BCUT2D eigenvalue weighted by molar-refractivity contribution is 8.76. The van der Waals surface area contributed by atoms with Crippen LogP contribution in [0, 0.1) is 0 Å². The summed E-state index contributed by atoms with van der Waals surface area (Å²) in [5.41, 5.74) is 0.643. The van der Waals surface area contributed by atoms with Crippen LogP contribution in [-0.2, 0) is 27.5 Å². The molecule has 0 bridgehead atoms. The molecule has 0 saturated heterocycles. The smallest absolute Gasteiger partial charge is 0.416 e. The second-order valence-corrected chi connectivity index (χ2v) is 10.7. The standard InChI is InChI=1S/C20H21F3O3S3/c1-26-19-7-3-2-6-17(19)14-28-27-12-4-5-13-29(24,25)15-16-8-10-18(11-9-16)20(21,22)23/h2-11H,12-15H2,1H3/b5-4+. The van der Waals surface area contributed by atoms with Gasteiger partial charge in [-0.25, -0.2) is 8.42 Å². The molecule has 2 rings (SSSR count). The summed E-state index contributed by atoms with van der Waals surface area (Å²) in [7, 11) is 1.44. The van der Waals surface area contributed by atoms with E-state index in [1.807, 2.05) is 24.3 Å². The first-order chi connectivity index (χ1) is 13.7. The SMILES string of the molecule is COc1ccccc1CSSC/C=C/CS(=O)(=O)Cc1ccc(C(F)(F)F)cc1. The van der Waals surface area contributed by atoms with Gasteiger partial charge < -0.3 is 4.74 Å². The lowest BCUT2D eigenvalue weighted by molar-refractivity contribution is -0.137. The van der Waals surface area contributed by atoms with Crippen molar-refractivity contribution in [3.8, 4) is 5.75 Å². The highest BCUT2D eigenvalue weighted by Crippen LogP contribution is 2.30. The zero-order valence-electron chi connectivity index (χ0n) is 15.7. The maximum absolute atomic E-state index is 12.5. The van der Waals surface area contributed by atoms with Crippen molar-refractivity contribution in [3.63, 3.8) is 0 Å². The van der Waals surface area contributed by atoms with Gasteiger partial charge in [-0.05, 0) is 23.8 Å². The number of methoxy groups -OCH3 is 1. The summed E-state index contributed by atoms with van der Waals surface area (Å²) in [6.45, 7) is 0. The van der Waals surface area contributed by atoms with Crippen LogP contribution in [0.15, 0.2) is 60.7 Å². The Kier molecular flexibility index (Phi) is 8.98. The fraction of sp³-hybridized carbons (Fsp3) is 0.300. The number of para-hydroxylation sites is 1. The van der Waals surface area contributed by atoms with Crippen molar-refractivity contribution in [1.29, 1.82) is 0 Å². The van der Waals surface area contributed by atoms with E-state index in [0.717, 1.165) is 29.2 Å². The molecule has 0 N–H and O–H groups in total. The Morgan fingerprint density at radius 3 is 2.34 bits per heavy atom. The normalized spacial score (nSPS) is 12.4. The summed E-state index contributed by atoms with van der Waals surface area (Å²) >= 11 is 0. The molecule has 0 unspecified atom stereocenters. The van der Waals surface area contributed by atoms with Gasteiger partial charge in [-0.1, -0.05) is 64.1 Å². The van der Waals surface area contributed by atoms with Gasteiger partial charge in [-0.3, -0.25) is 0 Å². The number of halogens is 3. The Labute approximate surface area is 177 Å². The van der Waals surface area contributed by atoms with E-state index in [1.54, 1.807) is 40.8 Å². The van der Waals surface area contributed by atoms with Crippen LogP contribution < -0.4 is 4.74 Å². The largest absolute Gasteiger partial charge is 0.496 e. The quantitative estimate of drug-likeness (QED) is 0.255. The van der Waals surface area contributed by atoms with Crippen molar-refractivity contribution in [2.24, 2.45) is 0 Å². The molecule has 158 valence electrons. The van der Waals surface area contributed by atoms with Crippen molar-refractivity contribution in [2.45, 2.75) is 17.7 Å². The van der Waals surface area contributed by atoms with Crippen LogP contribution in [0.5, 0.6) is 5.75 Å². The van der Waals surface area contributed by atoms with Gasteiger partial charge in [0.2, 0.25) is 0 Å². The van der Waals surface area contributed by atoms with Crippen LogP contribution in [0.1, 0.15) is 16.7 Å². The molecular weight excluding hydrogens is 441 g/mol. The summed E-state index contributed by atoms with van der Waals surface area (Å²) < 4.78 is 67.2. The van der Waals surface area contributed by atoms with Crippen molar-refractivity contribution in [2.75, 3.05) is 18.6 Å². The van der Waals surface area contributed by atoms with Gasteiger partial charge in [0.15, 0.2) is 9.84 Å². The van der Waals surface area contributed by atoms with Gasteiger partial charge in [-0.15, -0.1) is 0 Å². The molecule has 2 aromatic rings. The molecule has 0 atom stereocenters. The Bertz CT molecular complexity index is 909. The zero-order valence-corrected chi connectivity index (χ0v) is 18.1. The molecule has 29 heavy (non-hydrogen) atoms. The molecule has 0 amide bonds. The second-order valence-electron chi connectivity index (χ2n) is 6.08. The van der Waals surface area contributed by atoms with Crippen molar-refractivity contribution in [3.05, 3.63) is 77.4 Å². The molecule has 0 heterocycles. The maximum atomic E-state index is 12.5. The van der Waals surface area contributed by atoms with E-state index in [1.165, 1.54) is 12.1 Å². The van der Waals surface area contributed by atoms with E-state index in [9.17, 15) is 21.6 Å². The first kappa shape index (κ1) is 23.7. The maximum Gasteiger partial charge on any atom is 0.416 e. The summed E-state index contributed by atoms with van der Waals surface area (Å²) in [4.78, 5) is 0. The van der Waals surface area contributed by atoms with E-state index >= 15 is 0 Å². The summed E-state index contributed by atoms with van der Waals surface area (Å²) in [5.74, 6) is 1.83. The number of hydrogen-bond donors (Lipinski definition) is 0. The monoisotopic (exact) mass is 462 g/mol. The topological polar surface area (TPSA) is 43.4 Å². The number of alkyl halides is 3. The third-order valence-corrected chi connectivity index (χ3v) is 7.50. The third kappa shape index (κ3) is 8.36. The van der Waals surface area contributed by atoms with Crippen molar-refractivity contribution < 1.29 is 26.3 Å². The van der Waals surface area contributed by atoms with Crippen LogP contribution >= 0.6 is 21.6 Å². The van der Waals surface area contributed by atoms with Gasteiger partial charge >= 0.3 is 6.18 Å². The first-order valence-electron chi connectivity index (χ1n) is 8.59. The van der Waals surface area contributed by atoms with Gasteiger partial charge in [0.05, 0.1) is 24.2 Å². The molecule has 0 saturated carbocycles. The van der Waals surface area contributed by atoms with Crippen LogP contribution in [0.2, 0.25) is 0 Å². The van der Waals surface area contributed by atoms with E-state index in [2.05, 4.69) is 0 Å². The molecular formula is C20H21F3O3S3. The number of benzene rings is 2. The Hall–Kier alpha value is -1.58. The van der Waals surface area contributed by atoms with Crippen LogP contribution in [0.4, 0.5) is 13.2 Å². The average Bonchev–Trinajstić information content (AvgIpc) is 2.67. The van der Waals surface area contributed by atoms with Crippen LogP contribution in [-0.4, -0.2) is 27.0 Å². The molecule has 0 spiro atoms. The minimum Gasteiger partial charge on any atom is -0.496 e. The number of sulfone groups is 1. The highest BCUT2D eigenvalue weighted by atomic mass is 33.1. The van der Waals surface area contributed by atoms with E-state index in [4.69, 9.17) is 4.74 Å². The van der Waals surface area contributed by atoms with Gasteiger partial charge in [0.1, 0.15) is 5.75 Å². The van der Waals surface area contributed by atoms with Gasteiger partial charge in [0.25, 0.3) is 0 Å². The predicted molar refractivity (Wildman–Crippen MR) is 115 cm³/mol. The molecule has 2 aromatic carbocycles. The molecule has 0 aromatic heterocycles. The van der Waals surface area contributed by atoms with Crippen LogP contribution in [0.3, 0.4) is 0 Å². The van der Waals surface area contributed by atoms with E-state index in [0.29, 0.717) is 11.3 Å². The Morgan fingerprint density at radius 2 is 1.69 bits per heavy atom. The van der Waals surface area contributed by atoms with Gasteiger partial charge in [-0.2, -0.15) is 13.2 Å². The average molecular weight is 463 g/mol. The van der Waals surface area contributed by atoms with Crippen LogP contribution in [0.25, 0.3) is 0 Å². The summed E-state index contributed by atoms with van der Waals surface area (Å²) in [6, 6.07) is 12.0. The summed E-state index contributed by atoms with van der Waals surface area (Å²) in [6.07, 6.45) is -1.07. The number of hydrogen-bond acceptors (Lipinski definition) is 5. The van der Waals surface area contributed by atoms with Crippen molar-refractivity contribution in [1.82, 2.24) is 0 Å². The lowest BCUT2D eigenvalue weighted by atomic mass is 10.1. The van der Waals surface area contributed by atoms with E-state index in [-0.39, 0.29) is 11.5 Å². The highest BCUT2D eigenvalue weighted by Gasteiger charge is 2.30. The lowest BCUT2D eigenvalue weighted by Crippen LogP contribution is -2.09. The number of ether oxygens (including phenoxy) is 1.